The number of nitrogens with zero attached hydrogens (tertiary/aromatic N) is 1. The zero-order chi connectivity index (χ0) is 12.1. The van der Waals surface area contributed by atoms with Crippen LogP contribution in [0.1, 0.15) is 5.56 Å². The van der Waals surface area contributed by atoms with Crippen molar-refractivity contribution >= 4 is 0 Å². The highest BCUT2D eigenvalue weighted by Crippen LogP contribution is 2.14. The van der Waals surface area contributed by atoms with Crippen molar-refractivity contribution < 1.29 is 10.2 Å². The highest BCUT2D eigenvalue weighted by Gasteiger charge is 2.29. The highest BCUT2D eigenvalue weighted by molar-refractivity contribution is 5.15. The molecule has 2 rings (SSSR count). The number of nitrogens with one attached hydrogen (secondary N) is 1. The molecule has 0 radical (unpaired) electrons. The van der Waals surface area contributed by atoms with Crippen molar-refractivity contribution in [1.29, 1.82) is 0 Å². The molecule has 0 saturated carbocycles. The van der Waals surface area contributed by atoms with Gasteiger partial charge in [0.25, 0.3) is 0 Å². The maximum absolute atomic E-state index is 9.39. The zero-order valence-electron chi connectivity index (χ0n) is 9.92. The van der Waals surface area contributed by atoms with E-state index in [1.165, 1.54) is 5.56 Å². The molecule has 2 unspecified atom stereocenters. The van der Waals surface area contributed by atoms with Gasteiger partial charge in [-0.3, -0.25) is 4.90 Å². The highest BCUT2D eigenvalue weighted by atomic mass is 16.3. The third-order valence-electron chi connectivity index (χ3n) is 3.33. The first kappa shape index (κ1) is 12.5. The Balaban J connectivity index is 2.08. The van der Waals surface area contributed by atoms with E-state index in [1.807, 2.05) is 18.2 Å². The molecule has 4 heteroatoms. The molecular formula is C13H20N2O2. The molecule has 0 amide bonds. The fourth-order valence-corrected chi connectivity index (χ4v) is 2.34. The summed E-state index contributed by atoms with van der Waals surface area (Å²) in [5.74, 6) is 0. The predicted octanol–water partition coefficient (Wildman–Crippen LogP) is -0.186. The summed E-state index contributed by atoms with van der Waals surface area (Å²) in [6.45, 7) is 2.57. The van der Waals surface area contributed by atoms with Crippen LogP contribution in [0, 0.1) is 0 Å². The van der Waals surface area contributed by atoms with Crippen LogP contribution in [0.5, 0.6) is 0 Å². The van der Waals surface area contributed by atoms with Gasteiger partial charge >= 0.3 is 0 Å². The molecule has 1 aliphatic heterocycles. The monoisotopic (exact) mass is 236 g/mol. The second-order valence-corrected chi connectivity index (χ2v) is 4.49. The third-order valence-corrected chi connectivity index (χ3v) is 3.33. The lowest BCUT2D eigenvalue weighted by Crippen LogP contribution is -2.59. The van der Waals surface area contributed by atoms with E-state index in [0.717, 1.165) is 19.6 Å². The Kier molecular flexibility index (Phi) is 4.50. The van der Waals surface area contributed by atoms with Crippen LogP contribution < -0.4 is 5.32 Å². The lowest BCUT2D eigenvalue weighted by molar-refractivity contribution is 0.0226. The van der Waals surface area contributed by atoms with Gasteiger partial charge in [0.05, 0.1) is 13.2 Å². The number of hydrogen-bond acceptors (Lipinski definition) is 4. The summed E-state index contributed by atoms with van der Waals surface area (Å²) in [6, 6.07) is 10.3. The minimum absolute atomic E-state index is 0.0844. The van der Waals surface area contributed by atoms with Crippen molar-refractivity contribution in [2.24, 2.45) is 0 Å². The number of rotatable bonds is 4. The Bertz CT molecular complexity index is 319. The largest absolute Gasteiger partial charge is 0.395 e. The van der Waals surface area contributed by atoms with Gasteiger partial charge in [0.2, 0.25) is 0 Å². The molecule has 94 valence electrons. The molecule has 1 aromatic rings. The Morgan fingerprint density at radius 1 is 1.06 bits per heavy atom. The smallest absolute Gasteiger partial charge is 0.0599 e. The Labute approximate surface area is 102 Å². The van der Waals surface area contributed by atoms with Crippen LogP contribution in [0.4, 0.5) is 0 Å². The summed E-state index contributed by atoms with van der Waals surface area (Å²) in [5, 5.41) is 22.0. The summed E-state index contributed by atoms with van der Waals surface area (Å²) in [7, 11) is 0. The van der Waals surface area contributed by atoms with E-state index in [4.69, 9.17) is 0 Å². The number of aliphatic hydroxyl groups excluding tert-OH is 2. The maximum atomic E-state index is 9.39. The van der Waals surface area contributed by atoms with E-state index >= 15 is 0 Å². The number of hydrogen-bond donors (Lipinski definition) is 3. The second-order valence-electron chi connectivity index (χ2n) is 4.49. The fourth-order valence-electron chi connectivity index (χ4n) is 2.34. The molecular weight excluding hydrogens is 216 g/mol. The lowest BCUT2D eigenvalue weighted by Gasteiger charge is -2.41. The lowest BCUT2D eigenvalue weighted by atomic mass is 10.1. The summed E-state index contributed by atoms with van der Waals surface area (Å²) in [5.41, 5.74) is 1.21. The van der Waals surface area contributed by atoms with E-state index in [2.05, 4.69) is 22.3 Å². The van der Waals surface area contributed by atoms with Crippen LogP contribution in [0.3, 0.4) is 0 Å². The van der Waals surface area contributed by atoms with Gasteiger partial charge in [-0.25, -0.2) is 0 Å². The quantitative estimate of drug-likeness (QED) is 0.678. The fraction of sp³-hybridized carbons (Fsp3) is 0.538. The Morgan fingerprint density at radius 3 is 2.18 bits per heavy atom. The van der Waals surface area contributed by atoms with Crippen LogP contribution in [-0.4, -0.2) is 53.5 Å². The first-order valence-electron chi connectivity index (χ1n) is 6.07. The van der Waals surface area contributed by atoms with Crippen molar-refractivity contribution in [2.75, 3.05) is 26.3 Å². The van der Waals surface area contributed by atoms with Crippen molar-refractivity contribution in [3.8, 4) is 0 Å². The molecule has 0 spiro atoms. The molecule has 17 heavy (non-hydrogen) atoms. The van der Waals surface area contributed by atoms with E-state index in [1.54, 1.807) is 0 Å². The van der Waals surface area contributed by atoms with E-state index < -0.39 is 0 Å². The van der Waals surface area contributed by atoms with Gasteiger partial charge in [0.15, 0.2) is 0 Å². The van der Waals surface area contributed by atoms with Crippen molar-refractivity contribution in [2.45, 2.75) is 18.6 Å². The molecule has 2 atom stereocenters. The topological polar surface area (TPSA) is 55.7 Å². The maximum Gasteiger partial charge on any atom is 0.0599 e. The molecule has 1 fully saturated rings. The van der Waals surface area contributed by atoms with Gasteiger partial charge in [-0.15, -0.1) is 0 Å². The van der Waals surface area contributed by atoms with E-state index in [-0.39, 0.29) is 25.3 Å². The first-order valence-corrected chi connectivity index (χ1v) is 6.07. The summed E-state index contributed by atoms with van der Waals surface area (Å²) in [6.07, 6.45) is 0. The van der Waals surface area contributed by atoms with Crippen LogP contribution in [0.2, 0.25) is 0 Å². The predicted molar refractivity (Wildman–Crippen MR) is 66.6 cm³/mol. The Hall–Kier alpha value is -0.940. The van der Waals surface area contributed by atoms with Crippen LogP contribution in [0.25, 0.3) is 0 Å². The van der Waals surface area contributed by atoms with Gasteiger partial charge in [0.1, 0.15) is 0 Å². The van der Waals surface area contributed by atoms with E-state index in [0.29, 0.717) is 0 Å². The number of piperazine rings is 1. The van der Waals surface area contributed by atoms with Crippen LogP contribution in [-0.2, 0) is 6.54 Å². The Morgan fingerprint density at radius 2 is 1.65 bits per heavy atom. The van der Waals surface area contributed by atoms with Gasteiger partial charge in [-0.05, 0) is 5.56 Å². The molecule has 0 bridgehead atoms. The molecule has 1 aromatic carbocycles. The minimum Gasteiger partial charge on any atom is -0.395 e. The molecule has 1 saturated heterocycles. The summed E-state index contributed by atoms with van der Waals surface area (Å²) < 4.78 is 0. The van der Waals surface area contributed by atoms with E-state index in [9.17, 15) is 10.2 Å². The molecule has 1 aliphatic rings. The number of aliphatic hydroxyl groups is 2. The second kappa shape index (κ2) is 6.12. The molecule has 0 aliphatic carbocycles. The van der Waals surface area contributed by atoms with Gasteiger partial charge in [-0.2, -0.15) is 0 Å². The third kappa shape index (κ3) is 3.04. The molecule has 4 nitrogen and oxygen atoms in total. The zero-order valence-corrected chi connectivity index (χ0v) is 9.92. The van der Waals surface area contributed by atoms with Gasteiger partial charge in [-0.1, -0.05) is 30.3 Å². The van der Waals surface area contributed by atoms with Crippen molar-refractivity contribution in [3.63, 3.8) is 0 Å². The van der Waals surface area contributed by atoms with Gasteiger partial charge < -0.3 is 15.5 Å². The van der Waals surface area contributed by atoms with Crippen LogP contribution in [0.15, 0.2) is 30.3 Å². The first-order chi connectivity index (χ1) is 8.35. The minimum atomic E-state index is 0.0844. The summed E-state index contributed by atoms with van der Waals surface area (Å²) in [4.78, 5) is 2.19. The molecule has 3 N–H and O–H groups in total. The number of benzene rings is 1. The van der Waals surface area contributed by atoms with Crippen molar-refractivity contribution in [3.05, 3.63) is 35.9 Å². The average molecular weight is 236 g/mol. The molecule has 0 aromatic heterocycles. The SMILES string of the molecule is OCC1CNCC(CO)N1Cc1ccccc1. The normalized spacial score (nSPS) is 26.0. The van der Waals surface area contributed by atoms with Crippen LogP contribution >= 0.6 is 0 Å². The average Bonchev–Trinajstić information content (AvgIpc) is 2.40. The van der Waals surface area contributed by atoms with Crippen molar-refractivity contribution in [1.82, 2.24) is 10.2 Å². The summed E-state index contributed by atoms with van der Waals surface area (Å²) >= 11 is 0. The molecule has 1 heterocycles. The van der Waals surface area contributed by atoms with Gasteiger partial charge in [0, 0.05) is 31.7 Å². The standard InChI is InChI=1S/C13H20N2O2/c16-9-12-6-14-7-13(10-17)15(12)8-11-4-2-1-3-5-11/h1-5,12-14,16-17H,6-10H2.